The largest absolute Gasteiger partial charge is 0.322 e. The number of nitrogens with one attached hydrogen (secondary N) is 1. The van der Waals surface area contributed by atoms with Crippen molar-refractivity contribution in [3.63, 3.8) is 0 Å². The summed E-state index contributed by atoms with van der Waals surface area (Å²) in [6.45, 7) is 7.62. The monoisotopic (exact) mass is 510 g/mol. The van der Waals surface area contributed by atoms with Crippen LogP contribution in [0.4, 0.5) is 4.39 Å². The predicted octanol–water partition coefficient (Wildman–Crippen LogP) is 5.47. The Labute approximate surface area is 220 Å². The highest BCUT2D eigenvalue weighted by Gasteiger charge is 2.26. The molecule has 5 rings (SSSR count). The molecule has 1 atom stereocenters. The summed E-state index contributed by atoms with van der Waals surface area (Å²) in [7, 11) is 0. The number of halogens is 1. The summed E-state index contributed by atoms with van der Waals surface area (Å²) in [5, 5.41) is 13.7. The lowest BCUT2D eigenvalue weighted by molar-refractivity contribution is 0.161. The maximum atomic E-state index is 13.7. The second kappa shape index (κ2) is 11.1. The average Bonchev–Trinajstić information content (AvgIpc) is 3.35. The topological polar surface area (TPSA) is 79.7 Å². The van der Waals surface area contributed by atoms with E-state index in [1.54, 1.807) is 12.1 Å². The Hall–Kier alpha value is -4.17. The van der Waals surface area contributed by atoms with Crippen LogP contribution in [0.25, 0.3) is 10.9 Å². The van der Waals surface area contributed by atoms with Gasteiger partial charge in [0.2, 0.25) is 0 Å². The number of aromatic nitrogens is 5. The van der Waals surface area contributed by atoms with Crippen molar-refractivity contribution in [1.82, 2.24) is 30.1 Å². The number of aryl methyl sites for hydroxylation is 2. The fourth-order valence-electron chi connectivity index (χ4n) is 4.88. The van der Waals surface area contributed by atoms with E-state index in [4.69, 9.17) is 0 Å². The molecule has 0 aliphatic carbocycles. The van der Waals surface area contributed by atoms with Gasteiger partial charge in [-0.3, -0.25) is 9.69 Å². The molecule has 194 valence electrons. The van der Waals surface area contributed by atoms with Crippen LogP contribution in [0.15, 0.2) is 77.6 Å². The Morgan fingerprint density at radius 2 is 1.68 bits per heavy atom. The van der Waals surface area contributed by atoms with E-state index in [0.717, 1.165) is 39.8 Å². The summed E-state index contributed by atoms with van der Waals surface area (Å²) in [6.07, 6.45) is 0.722. The molecular formula is C30H31FN6O. The van der Waals surface area contributed by atoms with E-state index in [1.807, 2.05) is 54.1 Å². The van der Waals surface area contributed by atoms with Gasteiger partial charge in [-0.25, -0.2) is 9.07 Å². The summed E-state index contributed by atoms with van der Waals surface area (Å²) in [5.41, 5.74) is 5.70. The highest BCUT2D eigenvalue weighted by molar-refractivity contribution is 5.80. The van der Waals surface area contributed by atoms with E-state index < -0.39 is 0 Å². The van der Waals surface area contributed by atoms with E-state index in [0.29, 0.717) is 25.2 Å². The number of hydrogen-bond acceptors (Lipinski definition) is 5. The minimum Gasteiger partial charge on any atom is -0.322 e. The molecule has 7 nitrogen and oxygen atoms in total. The normalized spacial score (nSPS) is 12.3. The number of tetrazole rings is 1. The number of fused-ring (bicyclic) bond motifs is 1. The first-order chi connectivity index (χ1) is 18.4. The molecule has 0 bridgehead atoms. The van der Waals surface area contributed by atoms with Crippen molar-refractivity contribution in [1.29, 1.82) is 0 Å². The molecule has 8 heteroatoms. The third-order valence-corrected chi connectivity index (χ3v) is 7.07. The molecule has 0 unspecified atom stereocenters. The Kier molecular flexibility index (Phi) is 7.42. The van der Waals surface area contributed by atoms with Gasteiger partial charge in [0.05, 0.1) is 12.6 Å². The Bertz CT molecular complexity index is 1590. The van der Waals surface area contributed by atoms with E-state index in [1.165, 1.54) is 17.7 Å². The van der Waals surface area contributed by atoms with Crippen LogP contribution in [0.2, 0.25) is 0 Å². The molecule has 0 aliphatic heterocycles. The van der Waals surface area contributed by atoms with Gasteiger partial charge < -0.3 is 4.98 Å². The number of H-pyrrole nitrogens is 1. The lowest BCUT2D eigenvalue weighted by Crippen LogP contribution is -2.32. The first kappa shape index (κ1) is 25.5. The second-order valence-electron chi connectivity index (χ2n) is 9.78. The van der Waals surface area contributed by atoms with Crippen LogP contribution in [0.3, 0.4) is 0 Å². The zero-order valence-electron chi connectivity index (χ0n) is 21.9. The fraction of sp³-hybridized carbons (Fsp3) is 0.267. The quantitative estimate of drug-likeness (QED) is 0.284. The van der Waals surface area contributed by atoms with Crippen molar-refractivity contribution in [3.05, 3.63) is 123 Å². The molecule has 2 heterocycles. The van der Waals surface area contributed by atoms with Crippen molar-refractivity contribution in [3.8, 4) is 0 Å². The van der Waals surface area contributed by atoms with Crippen molar-refractivity contribution in [2.24, 2.45) is 0 Å². The highest BCUT2D eigenvalue weighted by Crippen LogP contribution is 2.27. The molecule has 38 heavy (non-hydrogen) atoms. The number of nitrogens with zero attached hydrogens (tertiary/aromatic N) is 5. The summed E-state index contributed by atoms with van der Waals surface area (Å²) >= 11 is 0. The molecule has 0 aliphatic rings. The van der Waals surface area contributed by atoms with E-state index in [9.17, 15) is 9.18 Å². The average molecular weight is 511 g/mol. The molecule has 0 amide bonds. The number of pyridine rings is 1. The van der Waals surface area contributed by atoms with Gasteiger partial charge in [0.1, 0.15) is 5.82 Å². The fourth-order valence-corrected chi connectivity index (χ4v) is 4.88. The van der Waals surface area contributed by atoms with Gasteiger partial charge in [0, 0.05) is 24.2 Å². The number of hydrogen-bond donors (Lipinski definition) is 1. The molecule has 2 aromatic heterocycles. The van der Waals surface area contributed by atoms with Crippen LogP contribution in [-0.4, -0.2) is 30.1 Å². The zero-order chi connectivity index (χ0) is 26.6. The molecular weight excluding hydrogens is 479 g/mol. The number of benzene rings is 3. The van der Waals surface area contributed by atoms with Crippen LogP contribution in [0, 0.1) is 19.7 Å². The summed E-state index contributed by atoms with van der Waals surface area (Å²) in [4.78, 5) is 18.4. The zero-order valence-corrected chi connectivity index (χ0v) is 21.9. The first-order valence-electron chi connectivity index (χ1n) is 12.8. The molecule has 5 aromatic rings. The number of rotatable bonds is 9. The third kappa shape index (κ3) is 5.55. The van der Waals surface area contributed by atoms with Gasteiger partial charge in [0.15, 0.2) is 5.82 Å². The van der Waals surface area contributed by atoms with E-state index in [-0.39, 0.29) is 17.4 Å². The lowest BCUT2D eigenvalue weighted by Gasteiger charge is -2.30. The van der Waals surface area contributed by atoms with Crippen LogP contribution in [-0.2, 0) is 19.6 Å². The third-order valence-electron chi connectivity index (χ3n) is 7.07. The van der Waals surface area contributed by atoms with Crippen LogP contribution in [0.1, 0.15) is 53.0 Å². The van der Waals surface area contributed by atoms with Crippen LogP contribution < -0.4 is 5.56 Å². The maximum Gasteiger partial charge on any atom is 0.252 e. The van der Waals surface area contributed by atoms with E-state index in [2.05, 4.69) is 45.3 Å². The summed E-state index contributed by atoms with van der Waals surface area (Å²) in [6, 6.07) is 22.4. The van der Waals surface area contributed by atoms with Gasteiger partial charge in [-0.2, -0.15) is 0 Å². The van der Waals surface area contributed by atoms with Crippen molar-refractivity contribution >= 4 is 10.9 Å². The molecule has 0 saturated heterocycles. The highest BCUT2D eigenvalue weighted by atomic mass is 19.1. The first-order valence-corrected chi connectivity index (χ1v) is 12.8. The second-order valence-corrected chi connectivity index (χ2v) is 9.78. The summed E-state index contributed by atoms with van der Waals surface area (Å²) in [5.74, 6) is 0.443. The molecule has 3 aromatic carbocycles. The van der Waals surface area contributed by atoms with Crippen LogP contribution >= 0.6 is 0 Å². The Balaban J connectivity index is 1.53. The van der Waals surface area contributed by atoms with Gasteiger partial charge in [-0.05, 0) is 88.7 Å². The van der Waals surface area contributed by atoms with Gasteiger partial charge in [-0.15, -0.1) is 5.10 Å². The Morgan fingerprint density at radius 1 is 0.947 bits per heavy atom. The van der Waals surface area contributed by atoms with Gasteiger partial charge in [-0.1, -0.05) is 49.4 Å². The van der Waals surface area contributed by atoms with Crippen LogP contribution in [0.5, 0.6) is 0 Å². The van der Waals surface area contributed by atoms with E-state index >= 15 is 0 Å². The van der Waals surface area contributed by atoms with Crippen molar-refractivity contribution in [2.75, 3.05) is 0 Å². The molecule has 0 spiro atoms. The molecule has 0 fully saturated rings. The summed E-state index contributed by atoms with van der Waals surface area (Å²) < 4.78 is 15.5. The molecule has 0 radical (unpaired) electrons. The van der Waals surface area contributed by atoms with Gasteiger partial charge >= 0.3 is 0 Å². The Morgan fingerprint density at radius 3 is 2.42 bits per heavy atom. The minimum absolute atomic E-state index is 0.122. The van der Waals surface area contributed by atoms with Crippen molar-refractivity contribution in [2.45, 2.75) is 52.9 Å². The molecule has 0 saturated carbocycles. The predicted molar refractivity (Wildman–Crippen MR) is 146 cm³/mol. The smallest absolute Gasteiger partial charge is 0.252 e. The van der Waals surface area contributed by atoms with Crippen molar-refractivity contribution < 1.29 is 4.39 Å². The maximum absolute atomic E-state index is 13.7. The standard InChI is InChI=1S/C30H31FN6O/c1-4-28(29-33-34-35-37(29)18-22-8-6-5-7-9-22)36(17-23-10-12-26(31)13-11-23)19-25-16-24-14-20(2)21(3)15-27(24)32-30(25)38/h5-16,28H,4,17-19H2,1-3H3,(H,32,38)/t28-/m1/s1. The lowest BCUT2D eigenvalue weighted by atomic mass is 10.0. The molecule has 1 N–H and O–H groups in total. The van der Waals surface area contributed by atoms with Gasteiger partial charge in [0.25, 0.3) is 5.56 Å². The number of aromatic amines is 1. The SMILES string of the molecule is CC[C@H](c1nnnn1Cc1ccccc1)N(Cc1ccc(F)cc1)Cc1cc2cc(C)c(C)cc2[nH]c1=O. The minimum atomic E-state index is -0.282.